The standard InChI is InChI=1S/C19H35NO/c21-17-19(10-4-1-2-5-11-19)16-20-14-12-18(13-15-20)8-6-3-7-9-18/h21H,1-17H2. The Morgan fingerprint density at radius 2 is 1.19 bits per heavy atom. The highest BCUT2D eigenvalue weighted by atomic mass is 16.3. The Bertz CT molecular complexity index is 304. The molecule has 1 N–H and O–H groups in total. The smallest absolute Gasteiger partial charge is 0.0499 e. The Labute approximate surface area is 131 Å². The number of hydrogen-bond donors (Lipinski definition) is 1. The quantitative estimate of drug-likeness (QED) is 0.781. The predicted molar refractivity (Wildman–Crippen MR) is 88.4 cm³/mol. The second-order valence-electron chi connectivity index (χ2n) is 8.41. The van der Waals surface area contributed by atoms with Crippen molar-refractivity contribution in [3.63, 3.8) is 0 Å². The average Bonchev–Trinajstić information content (AvgIpc) is 2.77. The van der Waals surface area contributed by atoms with Crippen molar-refractivity contribution in [3.05, 3.63) is 0 Å². The molecule has 2 heteroatoms. The Hall–Kier alpha value is -0.0800. The van der Waals surface area contributed by atoms with E-state index in [0.29, 0.717) is 12.0 Å². The minimum atomic E-state index is 0.230. The fourth-order valence-electron chi connectivity index (χ4n) is 5.31. The molecule has 0 unspecified atom stereocenters. The molecule has 1 spiro atoms. The molecular formula is C19H35NO. The van der Waals surface area contributed by atoms with Gasteiger partial charge in [0.05, 0.1) is 0 Å². The zero-order valence-electron chi connectivity index (χ0n) is 13.9. The summed E-state index contributed by atoms with van der Waals surface area (Å²) in [7, 11) is 0. The Morgan fingerprint density at radius 3 is 1.76 bits per heavy atom. The number of aliphatic hydroxyl groups is 1. The number of likely N-dealkylation sites (tertiary alicyclic amines) is 1. The molecule has 0 aromatic rings. The number of rotatable bonds is 3. The number of hydrogen-bond acceptors (Lipinski definition) is 2. The van der Waals surface area contributed by atoms with Gasteiger partial charge in [0.2, 0.25) is 0 Å². The summed E-state index contributed by atoms with van der Waals surface area (Å²) in [6.07, 6.45) is 18.2. The molecule has 2 aliphatic carbocycles. The normalized spacial score (nSPS) is 30.1. The van der Waals surface area contributed by atoms with Gasteiger partial charge in [-0.2, -0.15) is 0 Å². The SMILES string of the molecule is OCC1(CN2CCC3(CCCCC3)CC2)CCCCCC1. The predicted octanol–water partition coefficient (Wildman–Crippen LogP) is 4.37. The molecule has 1 heterocycles. The van der Waals surface area contributed by atoms with E-state index in [1.165, 1.54) is 103 Å². The molecule has 2 saturated carbocycles. The molecule has 1 saturated heterocycles. The second-order valence-corrected chi connectivity index (χ2v) is 8.41. The van der Waals surface area contributed by atoms with Gasteiger partial charge in [-0.25, -0.2) is 0 Å². The Balaban J connectivity index is 1.53. The Morgan fingerprint density at radius 1 is 0.667 bits per heavy atom. The number of aliphatic hydroxyl groups excluding tert-OH is 1. The van der Waals surface area contributed by atoms with Gasteiger partial charge in [0, 0.05) is 18.6 Å². The van der Waals surface area contributed by atoms with Crippen LogP contribution < -0.4 is 0 Å². The topological polar surface area (TPSA) is 23.5 Å². The van der Waals surface area contributed by atoms with Crippen LogP contribution in [0.3, 0.4) is 0 Å². The summed E-state index contributed by atoms with van der Waals surface area (Å²) in [5.74, 6) is 0. The molecule has 3 fully saturated rings. The summed E-state index contributed by atoms with van der Waals surface area (Å²) in [6.45, 7) is 4.16. The molecule has 0 radical (unpaired) electrons. The van der Waals surface area contributed by atoms with E-state index in [-0.39, 0.29) is 5.41 Å². The fourth-order valence-corrected chi connectivity index (χ4v) is 5.31. The van der Waals surface area contributed by atoms with E-state index in [1.807, 2.05) is 0 Å². The molecule has 0 aromatic heterocycles. The summed E-state index contributed by atoms with van der Waals surface area (Å²) in [5.41, 5.74) is 0.943. The van der Waals surface area contributed by atoms with Gasteiger partial charge in [-0.15, -0.1) is 0 Å². The van der Waals surface area contributed by atoms with Crippen molar-refractivity contribution in [1.82, 2.24) is 4.90 Å². The van der Waals surface area contributed by atoms with Crippen LogP contribution in [0.2, 0.25) is 0 Å². The minimum Gasteiger partial charge on any atom is -0.396 e. The number of nitrogens with zero attached hydrogens (tertiary/aromatic N) is 1. The maximum atomic E-state index is 10.0. The first kappa shape index (κ1) is 15.8. The summed E-state index contributed by atoms with van der Waals surface area (Å²) >= 11 is 0. The van der Waals surface area contributed by atoms with Gasteiger partial charge in [0.1, 0.15) is 0 Å². The van der Waals surface area contributed by atoms with E-state index in [0.717, 1.165) is 0 Å². The minimum absolute atomic E-state index is 0.230. The molecule has 122 valence electrons. The van der Waals surface area contributed by atoms with Crippen LogP contribution >= 0.6 is 0 Å². The molecular weight excluding hydrogens is 258 g/mol. The van der Waals surface area contributed by atoms with E-state index in [1.54, 1.807) is 0 Å². The zero-order chi connectivity index (χ0) is 14.6. The highest BCUT2D eigenvalue weighted by molar-refractivity contribution is 4.91. The van der Waals surface area contributed by atoms with Gasteiger partial charge in [-0.05, 0) is 57.0 Å². The van der Waals surface area contributed by atoms with Crippen molar-refractivity contribution in [3.8, 4) is 0 Å². The molecule has 2 nitrogen and oxygen atoms in total. The van der Waals surface area contributed by atoms with Gasteiger partial charge in [0.15, 0.2) is 0 Å². The van der Waals surface area contributed by atoms with Crippen LogP contribution in [0.1, 0.15) is 83.5 Å². The van der Waals surface area contributed by atoms with Crippen LogP contribution in [-0.4, -0.2) is 36.2 Å². The van der Waals surface area contributed by atoms with E-state index in [2.05, 4.69) is 4.90 Å². The third-order valence-corrected chi connectivity index (χ3v) is 6.89. The first-order valence-corrected chi connectivity index (χ1v) is 9.59. The van der Waals surface area contributed by atoms with Crippen LogP contribution in [0.5, 0.6) is 0 Å². The van der Waals surface area contributed by atoms with Crippen molar-refractivity contribution < 1.29 is 5.11 Å². The van der Waals surface area contributed by atoms with Crippen molar-refractivity contribution in [2.24, 2.45) is 10.8 Å². The number of piperidine rings is 1. The third kappa shape index (κ3) is 3.82. The van der Waals surface area contributed by atoms with Crippen molar-refractivity contribution in [1.29, 1.82) is 0 Å². The summed E-state index contributed by atoms with van der Waals surface area (Å²) in [6, 6.07) is 0. The van der Waals surface area contributed by atoms with E-state index in [9.17, 15) is 5.11 Å². The molecule has 3 aliphatic rings. The molecule has 21 heavy (non-hydrogen) atoms. The lowest BCUT2D eigenvalue weighted by molar-refractivity contribution is 0.0147. The van der Waals surface area contributed by atoms with E-state index in [4.69, 9.17) is 0 Å². The molecule has 0 amide bonds. The molecule has 0 bridgehead atoms. The maximum absolute atomic E-state index is 10.0. The van der Waals surface area contributed by atoms with Crippen LogP contribution in [-0.2, 0) is 0 Å². The van der Waals surface area contributed by atoms with Gasteiger partial charge in [-0.1, -0.05) is 44.9 Å². The highest BCUT2D eigenvalue weighted by Gasteiger charge is 2.38. The van der Waals surface area contributed by atoms with Crippen LogP contribution in [0.25, 0.3) is 0 Å². The lowest BCUT2D eigenvalue weighted by atomic mass is 9.68. The van der Waals surface area contributed by atoms with Gasteiger partial charge >= 0.3 is 0 Å². The maximum Gasteiger partial charge on any atom is 0.0499 e. The highest BCUT2D eigenvalue weighted by Crippen LogP contribution is 2.45. The molecule has 0 aromatic carbocycles. The van der Waals surface area contributed by atoms with Crippen LogP contribution in [0.4, 0.5) is 0 Å². The summed E-state index contributed by atoms with van der Waals surface area (Å²) in [5, 5.41) is 10.0. The lowest BCUT2D eigenvalue weighted by Crippen LogP contribution is -2.46. The van der Waals surface area contributed by atoms with Gasteiger partial charge in [-0.3, -0.25) is 0 Å². The van der Waals surface area contributed by atoms with Crippen LogP contribution in [0, 0.1) is 10.8 Å². The zero-order valence-corrected chi connectivity index (χ0v) is 13.9. The first-order chi connectivity index (χ1) is 10.3. The van der Waals surface area contributed by atoms with Crippen LogP contribution in [0.15, 0.2) is 0 Å². The van der Waals surface area contributed by atoms with Gasteiger partial charge < -0.3 is 10.0 Å². The molecule has 0 atom stereocenters. The lowest BCUT2D eigenvalue weighted by Gasteiger charge is -2.46. The van der Waals surface area contributed by atoms with E-state index < -0.39 is 0 Å². The second kappa shape index (κ2) is 7.00. The largest absolute Gasteiger partial charge is 0.396 e. The van der Waals surface area contributed by atoms with Crippen molar-refractivity contribution in [2.75, 3.05) is 26.2 Å². The molecule has 1 aliphatic heterocycles. The average molecular weight is 293 g/mol. The Kier molecular flexibility index (Phi) is 5.27. The van der Waals surface area contributed by atoms with E-state index >= 15 is 0 Å². The van der Waals surface area contributed by atoms with Crippen molar-refractivity contribution >= 4 is 0 Å². The third-order valence-electron chi connectivity index (χ3n) is 6.89. The molecule has 3 rings (SSSR count). The van der Waals surface area contributed by atoms with Crippen molar-refractivity contribution in [2.45, 2.75) is 83.5 Å². The summed E-state index contributed by atoms with van der Waals surface area (Å²) in [4.78, 5) is 2.70. The first-order valence-electron chi connectivity index (χ1n) is 9.59. The summed E-state index contributed by atoms with van der Waals surface area (Å²) < 4.78 is 0. The monoisotopic (exact) mass is 293 g/mol. The van der Waals surface area contributed by atoms with Gasteiger partial charge in [0.25, 0.3) is 0 Å². The fraction of sp³-hybridized carbons (Fsp3) is 1.00.